The van der Waals surface area contributed by atoms with Crippen LogP contribution >= 0.6 is 31.9 Å². The van der Waals surface area contributed by atoms with Gasteiger partial charge in [0.15, 0.2) is 28.7 Å². The van der Waals surface area contributed by atoms with E-state index in [0.717, 1.165) is 28.2 Å². The molecule has 17 heteroatoms. The predicted molar refractivity (Wildman–Crippen MR) is 230 cm³/mol. The molecule has 1 aliphatic heterocycles. The number of carbonyl (C=O) groups is 1. The van der Waals surface area contributed by atoms with Gasteiger partial charge in [0.25, 0.3) is 6.54 Å². The number of para-hydroxylation sites is 1. The minimum absolute atomic E-state index is 0.0139. The number of aromatic hydroxyl groups is 1. The number of aromatic nitrogens is 2. The number of phenolic OH excluding ortho intramolecular Hbond substituents is 1. The van der Waals surface area contributed by atoms with Gasteiger partial charge >= 0.3 is 0 Å². The normalized spacial score (nSPS) is 12.2. The number of allylic oxidation sites excluding steroid dienone is 1. The molecule has 6 aromatic rings. The Morgan fingerprint density at radius 1 is 0.831 bits per heavy atom. The van der Waals surface area contributed by atoms with E-state index < -0.39 is 5.92 Å². The smallest absolute Gasteiger partial charge is 0.298 e. The lowest BCUT2D eigenvalue weighted by atomic mass is 9.83. The second-order valence-electron chi connectivity index (χ2n) is 11.9. The van der Waals surface area contributed by atoms with Gasteiger partial charge in [-0.1, -0.05) is 24.3 Å². The van der Waals surface area contributed by atoms with Crippen molar-refractivity contribution in [2.24, 2.45) is 5.73 Å². The lowest BCUT2D eigenvalue weighted by molar-refractivity contribution is 0.112. The molecule has 59 heavy (non-hydrogen) atoms. The van der Waals surface area contributed by atoms with Gasteiger partial charge in [0, 0.05) is 21.9 Å². The van der Waals surface area contributed by atoms with Crippen molar-refractivity contribution in [2.75, 3.05) is 46.5 Å². The molecule has 1 unspecified atom stereocenters. The maximum atomic E-state index is 10.5. The molecular weight excluding hydrogens is 888 g/mol. The van der Waals surface area contributed by atoms with Crippen LogP contribution in [0.15, 0.2) is 99.3 Å². The molecule has 0 radical (unpaired) electrons. The molecule has 15 nitrogen and oxygen atoms in total. The number of anilines is 2. The number of fused-ring (bicyclic) bond motifs is 4. The molecule has 7 rings (SSSR count). The summed E-state index contributed by atoms with van der Waals surface area (Å²) in [6, 6.07) is 27.0. The van der Waals surface area contributed by atoms with E-state index in [0.29, 0.717) is 71.5 Å². The van der Waals surface area contributed by atoms with Crippen LogP contribution in [0.2, 0.25) is 0 Å². The van der Waals surface area contributed by atoms with E-state index in [1.807, 2.05) is 42.5 Å². The number of hydrogen-bond acceptors (Lipinski definition) is 14. The zero-order valence-electron chi connectivity index (χ0n) is 32.0. The van der Waals surface area contributed by atoms with Gasteiger partial charge < -0.3 is 50.8 Å². The summed E-state index contributed by atoms with van der Waals surface area (Å²) in [5.41, 5.74) is 21.0. The summed E-state index contributed by atoms with van der Waals surface area (Å²) in [6.45, 7) is 5.99. The summed E-state index contributed by atoms with van der Waals surface area (Å²) in [7, 11) is 6.19. The van der Waals surface area contributed by atoms with Crippen molar-refractivity contribution < 1.29 is 33.6 Å². The van der Waals surface area contributed by atoms with Crippen LogP contribution in [0.5, 0.6) is 34.5 Å². The monoisotopic (exact) mass is 922 g/mol. The van der Waals surface area contributed by atoms with Crippen molar-refractivity contribution >= 4 is 71.6 Å². The average Bonchev–Trinajstić information content (AvgIpc) is 3.23. The molecule has 2 aromatic heterocycles. The summed E-state index contributed by atoms with van der Waals surface area (Å²) in [4.78, 5) is 21.7. The third kappa shape index (κ3) is 10.4. The van der Waals surface area contributed by atoms with Crippen LogP contribution in [0, 0.1) is 29.2 Å². The quantitative estimate of drug-likeness (QED) is 0.0703. The van der Waals surface area contributed by atoms with E-state index in [1.165, 1.54) is 7.11 Å². The van der Waals surface area contributed by atoms with Gasteiger partial charge in [-0.05, 0) is 92.0 Å². The first kappa shape index (κ1) is 44.5. The predicted octanol–water partition coefficient (Wildman–Crippen LogP) is 8.05. The summed E-state index contributed by atoms with van der Waals surface area (Å²) in [5, 5.41) is 28.5. The van der Waals surface area contributed by atoms with Crippen LogP contribution in [-0.2, 0) is 0 Å². The zero-order chi connectivity index (χ0) is 43.2. The highest BCUT2D eigenvalue weighted by Gasteiger charge is 2.33. The molecule has 0 fully saturated rings. The molecule has 3 heterocycles. The molecule has 4 aromatic carbocycles. The van der Waals surface area contributed by atoms with Crippen LogP contribution in [0.3, 0.4) is 0 Å². The van der Waals surface area contributed by atoms with Crippen molar-refractivity contribution in [1.82, 2.24) is 9.97 Å². The summed E-state index contributed by atoms with van der Waals surface area (Å²) >= 11 is 6.79. The molecule has 0 saturated carbocycles. The van der Waals surface area contributed by atoms with E-state index in [4.69, 9.17) is 52.7 Å². The lowest BCUT2D eigenvalue weighted by Crippen LogP contribution is -2.21. The number of halogens is 2. The van der Waals surface area contributed by atoms with Crippen molar-refractivity contribution in [3.05, 3.63) is 127 Å². The molecule has 1 atom stereocenters. The number of pyridine rings is 2. The third-order valence-electron chi connectivity index (χ3n) is 8.32. The Morgan fingerprint density at radius 2 is 1.41 bits per heavy atom. The van der Waals surface area contributed by atoms with Gasteiger partial charge in [0.05, 0.1) is 43.3 Å². The van der Waals surface area contributed by atoms with E-state index >= 15 is 0 Å². The highest BCUT2D eigenvalue weighted by Crippen LogP contribution is 2.48. The molecule has 0 spiro atoms. The number of nitrogens with two attached hydrogens (primary N) is 3. The fourth-order valence-corrected chi connectivity index (χ4v) is 6.99. The molecule has 0 amide bonds. The number of phenols is 1. The number of nitriles is 2. The van der Waals surface area contributed by atoms with Gasteiger partial charge in [-0.25, -0.2) is 16.5 Å². The molecule has 7 N–H and O–H groups in total. The summed E-state index contributed by atoms with van der Waals surface area (Å²) < 4.78 is 28.2. The molecule has 0 bridgehead atoms. The number of carbonyl (C=O) groups excluding carboxylic acids is 1. The van der Waals surface area contributed by atoms with Gasteiger partial charge in [0.2, 0.25) is 5.88 Å². The Bertz CT molecular complexity index is 2660. The van der Waals surface area contributed by atoms with Gasteiger partial charge in [0.1, 0.15) is 52.4 Å². The highest BCUT2D eigenvalue weighted by atomic mass is 79.9. The van der Waals surface area contributed by atoms with Crippen molar-refractivity contribution in [2.45, 2.75) is 5.92 Å². The number of aldehydes is 1. The number of nitrogens with zero attached hydrogens (tertiary/aromatic N) is 5. The third-order valence-corrected chi connectivity index (χ3v) is 9.49. The van der Waals surface area contributed by atoms with E-state index in [1.54, 1.807) is 63.8 Å². The number of methoxy groups -OCH3 is 4. The number of ether oxygens (including phenoxy) is 5. The van der Waals surface area contributed by atoms with E-state index in [-0.39, 0.29) is 18.2 Å². The molecule has 300 valence electrons. The Labute approximate surface area is 356 Å². The first-order chi connectivity index (χ1) is 28.4. The van der Waals surface area contributed by atoms with E-state index in [9.17, 15) is 15.2 Å². The molecular formula is C42H36Br2N8O7. The summed E-state index contributed by atoms with van der Waals surface area (Å²) in [5.74, 6) is 3.24. The standard InChI is InChI=1S/C21H17BrN4O3.C9H9BrO3.C9H8N2O.C3H2N2/c1-27-15-8-11(7-14(22)20(15)28-2)17-12-5-3-10-4-6-16(24)26-18(10)19(12)29-21(25)13(17)9-23;1-12-8-4-6(5-11)3-7(10)9(8)13-2;10-8-5-4-6-2-1-3-7(12)9(6)11-8;1-5-3-2-4/h3-8,17H,25H2,1-2H3,(H2,24,26);3-5H,1-2H3;1-5,12H,(H2,10,11);3H2. The Kier molecular flexibility index (Phi) is 15.7. The first-order valence-electron chi connectivity index (χ1n) is 17.0. The zero-order valence-corrected chi connectivity index (χ0v) is 35.2. The van der Waals surface area contributed by atoms with Crippen LogP contribution < -0.4 is 40.9 Å². The Morgan fingerprint density at radius 3 is 1.95 bits per heavy atom. The minimum atomic E-state index is -0.465. The Balaban J connectivity index is 0.000000211. The number of benzene rings is 4. The maximum absolute atomic E-state index is 10.5. The van der Waals surface area contributed by atoms with Crippen LogP contribution in [0.1, 0.15) is 27.4 Å². The maximum Gasteiger partial charge on any atom is 0.298 e. The van der Waals surface area contributed by atoms with Crippen molar-refractivity contribution in [1.29, 1.82) is 10.5 Å². The van der Waals surface area contributed by atoms with Gasteiger partial charge in [-0.15, -0.1) is 0 Å². The second-order valence-corrected chi connectivity index (χ2v) is 13.6. The van der Waals surface area contributed by atoms with Gasteiger partial charge in [-0.3, -0.25) is 4.79 Å². The van der Waals surface area contributed by atoms with Crippen LogP contribution in [0.25, 0.3) is 26.7 Å². The molecule has 0 saturated heterocycles. The fourth-order valence-electron chi connectivity index (χ4n) is 5.75. The number of nitrogen functional groups attached to an aromatic ring is 2. The second kappa shape index (κ2) is 20.8. The largest absolute Gasteiger partial charge is 0.506 e. The fraction of sp³-hybridized carbons (Fsp3) is 0.143. The Hall–Kier alpha value is -7.26. The molecule has 0 aliphatic carbocycles. The van der Waals surface area contributed by atoms with E-state index in [2.05, 4.69) is 52.7 Å². The number of rotatable bonds is 6. The van der Waals surface area contributed by atoms with Crippen LogP contribution in [0.4, 0.5) is 11.6 Å². The summed E-state index contributed by atoms with van der Waals surface area (Å²) in [6.07, 6.45) is 0.757. The highest BCUT2D eigenvalue weighted by molar-refractivity contribution is 9.11. The SMILES string of the molecule is COc1cc(C2C(C#N)=C(N)Oc3c2ccc2ccc(N)nc32)cc(Br)c1OC.COc1cc(C=O)cc(Br)c1OC.Nc1ccc2cccc(O)c2n1.[C-]#[N+]CC#N. The van der Waals surface area contributed by atoms with Gasteiger partial charge in [-0.2, -0.15) is 10.5 Å². The first-order valence-corrected chi connectivity index (χ1v) is 18.6. The topological polar surface area (TPSA) is 239 Å². The number of hydrogen-bond donors (Lipinski definition) is 4. The van der Waals surface area contributed by atoms with Crippen molar-refractivity contribution in [3.8, 4) is 46.6 Å². The lowest BCUT2D eigenvalue weighted by Gasteiger charge is -2.27. The van der Waals surface area contributed by atoms with Crippen LogP contribution in [-0.4, -0.2) is 56.3 Å². The average molecular weight is 925 g/mol. The molecule has 1 aliphatic rings. The minimum Gasteiger partial charge on any atom is -0.506 e. The van der Waals surface area contributed by atoms with Crippen molar-refractivity contribution in [3.63, 3.8) is 0 Å².